The van der Waals surface area contributed by atoms with E-state index in [0.717, 1.165) is 0 Å². The molecule has 0 aromatic heterocycles. The van der Waals surface area contributed by atoms with E-state index < -0.39 is 17.7 Å². The van der Waals surface area contributed by atoms with Crippen molar-refractivity contribution in [2.45, 2.75) is 24.7 Å². The fourth-order valence-electron chi connectivity index (χ4n) is 4.44. The average Bonchev–Trinajstić information content (AvgIpc) is 3.25. The quantitative estimate of drug-likeness (QED) is 0.264. The number of primary amides is 1. The number of ketones is 2. The average molecular weight is 393 g/mol. The predicted octanol–water partition coefficient (Wildman–Crippen LogP) is -0.887. The SMILES string of the molecule is C=CCOC1=C(C)C(=O)C2=C(C1=O)C(CO)C1(OC)C3NC3CN21.NC(=O)O. The Morgan fingerprint density at radius 1 is 1.46 bits per heavy atom. The van der Waals surface area contributed by atoms with Crippen molar-refractivity contribution in [1.29, 1.82) is 0 Å². The topological polar surface area (TPSA) is 161 Å². The van der Waals surface area contributed by atoms with E-state index in [-0.39, 0.29) is 48.2 Å². The van der Waals surface area contributed by atoms with Gasteiger partial charge in [0, 0.05) is 30.8 Å². The first-order valence-corrected chi connectivity index (χ1v) is 8.72. The van der Waals surface area contributed by atoms with Crippen molar-refractivity contribution in [1.82, 2.24) is 10.2 Å². The molecule has 0 spiro atoms. The zero-order chi connectivity index (χ0) is 20.8. The second kappa shape index (κ2) is 7.04. The number of nitrogens with two attached hydrogens (primary N) is 1. The van der Waals surface area contributed by atoms with Crippen LogP contribution in [0.25, 0.3) is 0 Å². The molecule has 28 heavy (non-hydrogen) atoms. The van der Waals surface area contributed by atoms with Crippen LogP contribution in [0.4, 0.5) is 4.79 Å². The van der Waals surface area contributed by atoms with Crippen LogP contribution in [0.3, 0.4) is 0 Å². The van der Waals surface area contributed by atoms with Crippen molar-refractivity contribution in [3.05, 3.63) is 35.3 Å². The second-order valence-corrected chi connectivity index (χ2v) is 6.87. The smallest absolute Gasteiger partial charge is 0.402 e. The number of carbonyl (C=O) groups excluding carboxylic acids is 2. The lowest BCUT2D eigenvalue weighted by molar-refractivity contribution is -0.137. The minimum Gasteiger partial charge on any atom is -0.485 e. The van der Waals surface area contributed by atoms with E-state index in [2.05, 4.69) is 17.6 Å². The van der Waals surface area contributed by atoms with Gasteiger partial charge in [0.2, 0.25) is 11.6 Å². The van der Waals surface area contributed by atoms with Crippen molar-refractivity contribution in [2.24, 2.45) is 11.7 Å². The number of hydrogen-bond donors (Lipinski definition) is 4. The summed E-state index contributed by atoms with van der Waals surface area (Å²) in [7, 11) is 1.56. The summed E-state index contributed by atoms with van der Waals surface area (Å²) in [5.74, 6) is -1.12. The highest BCUT2D eigenvalue weighted by Gasteiger charge is 2.72. The molecular formula is C18H23N3O7. The van der Waals surface area contributed by atoms with Crippen LogP contribution in [0.1, 0.15) is 6.92 Å². The van der Waals surface area contributed by atoms with Gasteiger partial charge in [0.1, 0.15) is 6.61 Å². The van der Waals surface area contributed by atoms with Crippen LogP contribution >= 0.6 is 0 Å². The first-order chi connectivity index (χ1) is 13.3. The van der Waals surface area contributed by atoms with Crippen LogP contribution in [-0.4, -0.2) is 77.4 Å². The summed E-state index contributed by atoms with van der Waals surface area (Å²) in [5, 5.41) is 20.5. The molecule has 3 aliphatic heterocycles. The van der Waals surface area contributed by atoms with Crippen molar-refractivity contribution in [2.75, 3.05) is 26.9 Å². The molecule has 10 nitrogen and oxygen atoms in total. The van der Waals surface area contributed by atoms with Crippen molar-refractivity contribution in [3.8, 4) is 0 Å². The van der Waals surface area contributed by atoms with E-state index in [0.29, 0.717) is 17.8 Å². The monoisotopic (exact) mass is 393 g/mol. The fourth-order valence-corrected chi connectivity index (χ4v) is 4.44. The van der Waals surface area contributed by atoms with Gasteiger partial charge in [0.25, 0.3) is 0 Å². The number of Topliss-reactive ketones (excluding diaryl/α,β-unsaturated/α-hetero) is 2. The third-order valence-electron chi connectivity index (χ3n) is 5.51. The normalized spacial score (nSPS) is 32.4. The largest absolute Gasteiger partial charge is 0.485 e. The van der Waals surface area contributed by atoms with Gasteiger partial charge in [-0.1, -0.05) is 12.7 Å². The summed E-state index contributed by atoms with van der Waals surface area (Å²) in [6.07, 6.45) is 0.188. The number of rotatable bonds is 5. The fraction of sp³-hybridized carbons (Fsp3) is 0.500. The van der Waals surface area contributed by atoms with Crippen molar-refractivity contribution in [3.63, 3.8) is 0 Å². The Bertz CT molecular complexity index is 814. The van der Waals surface area contributed by atoms with Gasteiger partial charge < -0.3 is 35.6 Å². The van der Waals surface area contributed by atoms with Gasteiger partial charge >= 0.3 is 6.09 Å². The molecule has 0 saturated carbocycles. The Labute approximate surface area is 161 Å². The van der Waals surface area contributed by atoms with E-state index in [4.69, 9.17) is 19.4 Å². The molecule has 1 aliphatic carbocycles. The highest BCUT2D eigenvalue weighted by molar-refractivity contribution is 6.25. The standard InChI is InChI=1S/C17H20N2O5.CH3NO2/c1-4-5-24-15-8(2)13(21)12-11(14(15)22)9(7-20)17(23-3)16-10(18-16)6-19(12)17;2-1(3)4/h4,9-10,16,18,20H,1,5-7H2,2-3H3;2H2,(H,3,4). The molecule has 0 bridgehead atoms. The minimum atomic E-state index is -1.33. The molecule has 5 N–H and O–H groups in total. The van der Waals surface area contributed by atoms with Gasteiger partial charge in [-0.05, 0) is 6.92 Å². The summed E-state index contributed by atoms with van der Waals surface area (Å²) in [4.78, 5) is 36.6. The van der Waals surface area contributed by atoms with Crippen molar-refractivity contribution >= 4 is 17.7 Å². The maximum atomic E-state index is 13.0. The van der Waals surface area contributed by atoms with Gasteiger partial charge in [-0.15, -0.1) is 0 Å². The zero-order valence-corrected chi connectivity index (χ0v) is 15.6. The number of nitrogens with zero attached hydrogens (tertiary/aromatic N) is 1. The molecule has 4 rings (SSSR count). The van der Waals surface area contributed by atoms with Crippen LogP contribution in [0.2, 0.25) is 0 Å². The summed E-state index contributed by atoms with van der Waals surface area (Å²) in [6.45, 7) is 5.61. The maximum Gasteiger partial charge on any atom is 0.402 e. The summed E-state index contributed by atoms with van der Waals surface area (Å²) in [5.41, 5.74) is 4.10. The number of allylic oxidation sites excluding steroid dienone is 2. The highest BCUT2D eigenvalue weighted by atomic mass is 16.5. The molecule has 0 aromatic rings. The zero-order valence-electron chi connectivity index (χ0n) is 15.6. The minimum absolute atomic E-state index is 0.00343. The molecule has 4 atom stereocenters. The predicted molar refractivity (Wildman–Crippen MR) is 95.8 cm³/mol. The molecule has 10 heteroatoms. The number of methoxy groups -OCH3 is 1. The van der Waals surface area contributed by atoms with Gasteiger partial charge in [-0.3, -0.25) is 9.59 Å². The number of hydrogen-bond acceptors (Lipinski definition) is 8. The van der Waals surface area contributed by atoms with E-state index in [1.165, 1.54) is 6.08 Å². The number of fused-ring (bicyclic) bond motifs is 4. The summed E-state index contributed by atoms with van der Waals surface area (Å²) < 4.78 is 11.3. The van der Waals surface area contributed by atoms with Crippen LogP contribution < -0.4 is 11.1 Å². The molecule has 4 aliphatic rings. The second-order valence-electron chi connectivity index (χ2n) is 6.87. The molecule has 2 fully saturated rings. The lowest BCUT2D eigenvalue weighted by Gasteiger charge is -2.39. The number of amides is 1. The first kappa shape index (κ1) is 20.1. The Hall–Kier alpha value is -2.69. The van der Waals surface area contributed by atoms with Crippen LogP contribution in [0, 0.1) is 5.92 Å². The third-order valence-corrected chi connectivity index (χ3v) is 5.51. The molecule has 0 aromatic carbocycles. The Balaban J connectivity index is 0.000000516. The lowest BCUT2D eigenvalue weighted by Crippen LogP contribution is -2.54. The number of aliphatic hydroxyl groups excluding tert-OH is 1. The number of nitrogens with one attached hydrogen (secondary N) is 1. The number of carbonyl (C=O) groups is 3. The Kier molecular flexibility index (Phi) is 5.04. The van der Waals surface area contributed by atoms with E-state index in [9.17, 15) is 14.7 Å². The van der Waals surface area contributed by atoms with Gasteiger partial charge in [-0.25, -0.2) is 4.79 Å². The van der Waals surface area contributed by atoms with Crippen LogP contribution in [0.5, 0.6) is 0 Å². The van der Waals surface area contributed by atoms with Crippen LogP contribution in [-0.2, 0) is 19.1 Å². The van der Waals surface area contributed by atoms with Gasteiger partial charge in [0.15, 0.2) is 11.5 Å². The molecule has 152 valence electrons. The molecule has 3 heterocycles. The first-order valence-electron chi connectivity index (χ1n) is 8.72. The molecular weight excluding hydrogens is 370 g/mol. The Morgan fingerprint density at radius 2 is 2.11 bits per heavy atom. The van der Waals surface area contributed by atoms with Gasteiger partial charge in [-0.2, -0.15) is 0 Å². The molecule has 2 saturated heterocycles. The molecule has 1 amide bonds. The lowest BCUT2D eigenvalue weighted by atomic mass is 9.83. The third kappa shape index (κ3) is 2.64. The molecule has 4 unspecified atom stereocenters. The van der Waals surface area contributed by atoms with E-state index in [1.54, 1.807) is 14.0 Å². The molecule has 0 radical (unpaired) electrons. The number of ether oxygens (including phenoxy) is 2. The highest BCUT2D eigenvalue weighted by Crippen LogP contribution is 2.55. The summed E-state index contributed by atoms with van der Waals surface area (Å²) >= 11 is 0. The van der Waals surface area contributed by atoms with Gasteiger partial charge in [0.05, 0.1) is 24.3 Å². The number of carboxylic acid groups (broad SMARTS) is 1. The van der Waals surface area contributed by atoms with Crippen molar-refractivity contribution < 1.29 is 34.1 Å². The van der Waals surface area contributed by atoms with E-state index >= 15 is 0 Å². The number of aliphatic hydroxyl groups is 1. The summed E-state index contributed by atoms with van der Waals surface area (Å²) in [6, 6.07) is 0.224. The van der Waals surface area contributed by atoms with E-state index in [1.807, 2.05) is 4.90 Å². The maximum absolute atomic E-state index is 13.0. The number of piperazine rings is 1. The van der Waals surface area contributed by atoms with Crippen LogP contribution in [0.15, 0.2) is 35.3 Å². The Morgan fingerprint density at radius 3 is 2.64 bits per heavy atom.